The second-order valence-corrected chi connectivity index (χ2v) is 7.17. The molecule has 2 aromatic rings. The van der Waals surface area contributed by atoms with Crippen LogP contribution in [0.1, 0.15) is 18.5 Å². The van der Waals surface area contributed by atoms with Gasteiger partial charge in [0.15, 0.2) is 0 Å². The number of aromatic nitrogens is 2. The van der Waals surface area contributed by atoms with Gasteiger partial charge in [-0.3, -0.25) is 9.89 Å². The van der Waals surface area contributed by atoms with E-state index >= 15 is 0 Å². The molecule has 0 saturated heterocycles. The van der Waals surface area contributed by atoms with Crippen molar-refractivity contribution in [2.75, 3.05) is 0 Å². The molecule has 2 unspecified atom stereocenters. The second-order valence-electron chi connectivity index (χ2n) is 7.17. The summed E-state index contributed by atoms with van der Waals surface area (Å²) in [7, 11) is 0. The van der Waals surface area contributed by atoms with Gasteiger partial charge in [0.25, 0.3) is 0 Å². The fourth-order valence-corrected chi connectivity index (χ4v) is 4.32. The molecule has 1 aromatic carbocycles. The van der Waals surface area contributed by atoms with Crippen LogP contribution in [0.5, 0.6) is 0 Å². The quantitative estimate of drug-likeness (QED) is 0.812. The van der Waals surface area contributed by atoms with Gasteiger partial charge in [-0.05, 0) is 18.9 Å². The van der Waals surface area contributed by atoms with Crippen molar-refractivity contribution in [2.45, 2.75) is 19.8 Å². The second kappa shape index (κ2) is 5.21. The Morgan fingerprint density at radius 1 is 1.08 bits per heavy atom. The summed E-state index contributed by atoms with van der Waals surface area (Å²) in [6.45, 7) is 1.98. The number of hydrogen-bond donors (Lipinski definition) is 1. The summed E-state index contributed by atoms with van der Waals surface area (Å²) in [5.41, 5.74) is 3.14. The molecule has 0 amide bonds. The number of rotatable bonds is 3. The van der Waals surface area contributed by atoms with Crippen LogP contribution in [-0.2, 0) is 4.79 Å². The number of allylic oxidation sites excluding steroid dienone is 5. The molecule has 5 heteroatoms. The maximum absolute atomic E-state index is 12.4. The van der Waals surface area contributed by atoms with E-state index in [1.54, 1.807) is 0 Å². The lowest BCUT2D eigenvalue weighted by molar-refractivity contribution is -0.122. The smallest absolute Gasteiger partial charge is 0.203 e. The Hall–Kier alpha value is -3.08. The summed E-state index contributed by atoms with van der Waals surface area (Å²) >= 11 is 0. The lowest BCUT2D eigenvalue weighted by atomic mass is 9.78. The molecule has 26 heavy (non-hydrogen) atoms. The predicted molar refractivity (Wildman–Crippen MR) is 98.7 cm³/mol. The number of aryl methyl sites for hydroxylation is 1. The van der Waals surface area contributed by atoms with Gasteiger partial charge in [0.1, 0.15) is 5.78 Å². The van der Waals surface area contributed by atoms with E-state index in [-0.39, 0.29) is 11.2 Å². The molecule has 1 saturated carbocycles. The monoisotopic (exact) mass is 342 g/mol. The zero-order valence-electron chi connectivity index (χ0n) is 14.4. The molecule has 1 heterocycles. The van der Waals surface area contributed by atoms with E-state index in [0.29, 0.717) is 12.2 Å². The lowest BCUT2D eigenvalue weighted by Gasteiger charge is -2.25. The topological polar surface area (TPSA) is 70.5 Å². The molecule has 1 N–H and O–H groups in total. The number of H-pyrrole nitrogens is 1. The van der Waals surface area contributed by atoms with Crippen LogP contribution in [0.15, 0.2) is 76.6 Å². The SMILES string of the molecule is Cc1[nH]nc(N=NC2=CCC(=O)C34C=CC=CC23C4)c1-c1ccccc1. The van der Waals surface area contributed by atoms with Crippen molar-refractivity contribution in [1.82, 2.24) is 10.2 Å². The summed E-state index contributed by atoms with van der Waals surface area (Å²) in [6, 6.07) is 10.0. The minimum absolute atomic E-state index is 0.276. The van der Waals surface area contributed by atoms with E-state index < -0.39 is 5.41 Å². The molecule has 0 radical (unpaired) electrons. The molecule has 0 aliphatic heterocycles. The molecule has 2 atom stereocenters. The number of ketones is 1. The first-order valence-electron chi connectivity index (χ1n) is 8.79. The standard InChI is InChI=1S/C21H18N4O/c1-14-18(15-7-3-2-4-8-15)19(24-22-14)25-23-16-9-10-17(26)21-12-6-5-11-20(16,21)13-21/h2-9,11-12H,10,13H2,1H3,(H,22,24). The van der Waals surface area contributed by atoms with Gasteiger partial charge in [0.05, 0.1) is 16.7 Å². The number of Topliss-reactive ketones (excluding diaryl/α,β-unsaturated/α-hetero) is 1. The largest absolute Gasteiger partial charge is 0.298 e. The average Bonchev–Trinajstić information content (AvgIpc) is 3.27. The summed E-state index contributed by atoms with van der Waals surface area (Å²) in [4.78, 5) is 12.4. The van der Waals surface area contributed by atoms with Gasteiger partial charge in [-0.2, -0.15) is 10.2 Å². The van der Waals surface area contributed by atoms with Crippen LogP contribution in [0.25, 0.3) is 11.1 Å². The molecule has 3 aliphatic rings. The summed E-state index contributed by atoms with van der Waals surface area (Å²) < 4.78 is 0. The van der Waals surface area contributed by atoms with Crippen LogP contribution in [0.4, 0.5) is 5.82 Å². The predicted octanol–water partition coefficient (Wildman–Crippen LogP) is 4.83. The Labute approximate surface area is 151 Å². The zero-order valence-corrected chi connectivity index (χ0v) is 14.4. The van der Waals surface area contributed by atoms with E-state index in [1.165, 1.54) is 0 Å². The van der Waals surface area contributed by atoms with Gasteiger partial charge in [-0.25, -0.2) is 0 Å². The first-order valence-corrected chi connectivity index (χ1v) is 8.79. The number of carbonyl (C=O) groups is 1. The Kier molecular flexibility index (Phi) is 3.04. The van der Waals surface area contributed by atoms with Crippen molar-refractivity contribution < 1.29 is 4.79 Å². The van der Waals surface area contributed by atoms with Crippen LogP contribution < -0.4 is 0 Å². The van der Waals surface area contributed by atoms with Crippen molar-refractivity contribution in [3.8, 4) is 11.1 Å². The summed E-state index contributed by atoms with van der Waals surface area (Å²) in [5, 5.41) is 16.3. The van der Waals surface area contributed by atoms with E-state index in [2.05, 4.69) is 26.5 Å². The summed E-state index contributed by atoms with van der Waals surface area (Å²) in [6.07, 6.45) is 11.2. The Balaban J connectivity index is 1.52. The van der Waals surface area contributed by atoms with Crippen molar-refractivity contribution in [1.29, 1.82) is 0 Å². The minimum Gasteiger partial charge on any atom is -0.298 e. The first-order chi connectivity index (χ1) is 12.7. The molecule has 5 rings (SSSR count). The van der Waals surface area contributed by atoms with Gasteiger partial charge in [0, 0.05) is 17.5 Å². The highest BCUT2D eigenvalue weighted by Crippen LogP contribution is 2.73. The molecule has 0 bridgehead atoms. The van der Waals surface area contributed by atoms with Gasteiger partial charge in [0.2, 0.25) is 5.82 Å². The number of nitrogens with one attached hydrogen (secondary N) is 1. The highest BCUT2D eigenvalue weighted by Gasteiger charge is 2.72. The fourth-order valence-electron chi connectivity index (χ4n) is 4.32. The molecule has 0 spiro atoms. The number of benzene rings is 1. The minimum atomic E-state index is -0.394. The molecule has 1 fully saturated rings. The number of nitrogens with zero attached hydrogens (tertiary/aromatic N) is 3. The number of azo groups is 1. The third-order valence-corrected chi connectivity index (χ3v) is 5.78. The van der Waals surface area contributed by atoms with Gasteiger partial charge < -0.3 is 0 Å². The van der Waals surface area contributed by atoms with Crippen LogP contribution in [0.2, 0.25) is 0 Å². The van der Waals surface area contributed by atoms with Crippen LogP contribution in [0.3, 0.4) is 0 Å². The fraction of sp³-hybridized carbons (Fsp3) is 0.238. The number of carbonyl (C=O) groups excluding carboxylic acids is 1. The molecule has 128 valence electrons. The third kappa shape index (κ3) is 1.91. The van der Waals surface area contributed by atoms with E-state index in [1.807, 2.05) is 61.6 Å². The van der Waals surface area contributed by atoms with Crippen LogP contribution >= 0.6 is 0 Å². The van der Waals surface area contributed by atoms with Gasteiger partial charge in [-0.15, -0.1) is 5.11 Å². The first kappa shape index (κ1) is 15.2. The average molecular weight is 342 g/mol. The van der Waals surface area contributed by atoms with Gasteiger partial charge >= 0.3 is 0 Å². The third-order valence-electron chi connectivity index (χ3n) is 5.78. The molecular weight excluding hydrogens is 324 g/mol. The zero-order chi connectivity index (χ0) is 17.8. The highest BCUT2D eigenvalue weighted by molar-refractivity contribution is 5.96. The van der Waals surface area contributed by atoms with Crippen LogP contribution in [0, 0.1) is 17.8 Å². The molecular formula is C21H18N4O. The maximum atomic E-state index is 12.4. The Morgan fingerprint density at radius 2 is 1.85 bits per heavy atom. The Morgan fingerprint density at radius 3 is 2.65 bits per heavy atom. The Bertz CT molecular complexity index is 1030. The van der Waals surface area contributed by atoms with E-state index in [9.17, 15) is 4.79 Å². The van der Waals surface area contributed by atoms with Crippen molar-refractivity contribution >= 4 is 11.6 Å². The van der Waals surface area contributed by atoms with Crippen LogP contribution in [-0.4, -0.2) is 16.0 Å². The van der Waals surface area contributed by atoms with Crippen molar-refractivity contribution in [3.05, 3.63) is 72.1 Å². The molecule has 1 aromatic heterocycles. The van der Waals surface area contributed by atoms with Crippen molar-refractivity contribution in [2.24, 2.45) is 21.1 Å². The molecule has 3 aliphatic carbocycles. The molecule has 5 nitrogen and oxygen atoms in total. The maximum Gasteiger partial charge on any atom is 0.203 e. The van der Waals surface area contributed by atoms with E-state index in [0.717, 1.165) is 28.9 Å². The summed E-state index contributed by atoms with van der Waals surface area (Å²) in [5.74, 6) is 0.849. The van der Waals surface area contributed by atoms with Gasteiger partial charge in [-0.1, -0.05) is 60.7 Å². The van der Waals surface area contributed by atoms with E-state index in [4.69, 9.17) is 0 Å². The normalized spacial score (nSPS) is 28.8. The highest BCUT2D eigenvalue weighted by atomic mass is 16.1. The van der Waals surface area contributed by atoms with Crippen molar-refractivity contribution in [3.63, 3.8) is 0 Å². The lowest BCUT2D eigenvalue weighted by Crippen LogP contribution is -2.26. The number of aromatic amines is 1. The number of hydrogen-bond acceptors (Lipinski definition) is 4.